The first-order chi connectivity index (χ1) is 11.0. The fourth-order valence-corrected chi connectivity index (χ4v) is 2.73. The third kappa shape index (κ3) is 2.64. The van der Waals surface area contributed by atoms with E-state index in [1.165, 1.54) is 0 Å². The maximum Gasteiger partial charge on any atom is 0.196 e. The molecule has 0 amide bonds. The number of phenolic OH excluding ortho intramolecular Hbond substituents is 1. The summed E-state index contributed by atoms with van der Waals surface area (Å²) in [6.45, 7) is 5.54. The highest BCUT2D eigenvalue weighted by molar-refractivity contribution is 6.32. The Morgan fingerprint density at radius 1 is 1.30 bits per heavy atom. The lowest BCUT2D eigenvalue weighted by atomic mass is 10.0. The molecular weight excluding hydrogens is 312 g/mol. The maximum atomic E-state index is 12.8. The number of hydrogen-bond acceptors (Lipinski definition) is 3. The molecular formula is C19H15ClO3. The van der Waals surface area contributed by atoms with E-state index in [2.05, 4.69) is 6.58 Å². The Kier molecular flexibility index (Phi) is 3.97. The second-order valence-corrected chi connectivity index (χ2v) is 5.75. The molecule has 3 aromatic rings. The van der Waals surface area contributed by atoms with Gasteiger partial charge in [0.05, 0.1) is 10.9 Å². The standard InChI is InChI=1S/C19H15ClO3/c1-3-6-13-18(22)14-10-15(20)11(2)9-17(14)23-19(13)12-7-4-5-8-16(12)21/h3-5,7-10,21H,1,6H2,2H3. The lowest BCUT2D eigenvalue weighted by Gasteiger charge is -2.11. The highest BCUT2D eigenvalue weighted by Gasteiger charge is 2.18. The Hall–Kier alpha value is -2.52. The average molecular weight is 327 g/mol. The summed E-state index contributed by atoms with van der Waals surface area (Å²) in [5, 5.41) is 11.1. The molecule has 0 aliphatic rings. The Bertz CT molecular complexity index is 970. The molecule has 0 unspecified atom stereocenters. The average Bonchev–Trinajstić information content (AvgIpc) is 2.53. The molecule has 4 heteroatoms. The van der Waals surface area contributed by atoms with E-state index < -0.39 is 0 Å². The largest absolute Gasteiger partial charge is 0.507 e. The molecule has 0 spiro atoms. The summed E-state index contributed by atoms with van der Waals surface area (Å²) in [5.41, 5.74) is 2.04. The topological polar surface area (TPSA) is 50.4 Å². The molecule has 0 saturated heterocycles. The van der Waals surface area contributed by atoms with Crippen molar-refractivity contribution in [3.05, 3.63) is 75.4 Å². The number of aromatic hydroxyl groups is 1. The molecule has 0 saturated carbocycles. The molecule has 0 fully saturated rings. The van der Waals surface area contributed by atoms with Crippen LogP contribution in [0, 0.1) is 6.92 Å². The molecule has 1 aromatic heterocycles. The summed E-state index contributed by atoms with van der Waals surface area (Å²) in [6.07, 6.45) is 1.98. The van der Waals surface area contributed by atoms with Gasteiger partial charge in [0.1, 0.15) is 17.1 Å². The van der Waals surface area contributed by atoms with Crippen molar-refractivity contribution in [2.75, 3.05) is 0 Å². The SMILES string of the molecule is C=CCc1c(-c2ccccc2O)oc2cc(C)c(Cl)cc2c1=O. The second kappa shape index (κ2) is 5.94. The van der Waals surface area contributed by atoms with E-state index in [1.54, 1.807) is 42.5 Å². The summed E-state index contributed by atoms with van der Waals surface area (Å²) >= 11 is 6.13. The zero-order valence-electron chi connectivity index (χ0n) is 12.6. The Morgan fingerprint density at radius 2 is 2.04 bits per heavy atom. The molecule has 23 heavy (non-hydrogen) atoms. The zero-order chi connectivity index (χ0) is 16.6. The van der Waals surface area contributed by atoms with Gasteiger partial charge in [-0.15, -0.1) is 6.58 Å². The number of rotatable bonds is 3. The fraction of sp³-hybridized carbons (Fsp3) is 0.105. The Morgan fingerprint density at radius 3 is 2.74 bits per heavy atom. The van der Waals surface area contributed by atoms with Gasteiger partial charge in [-0.25, -0.2) is 0 Å². The van der Waals surface area contributed by atoms with Gasteiger partial charge in [0.2, 0.25) is 0 Å². The molecule has 1 heterocycles. The van der Waals surface area contributed by atoms with Crippen molar-refractivity contribution in [1.82, 2.24) is 0 Å². The third-order valence-corrected chi connectivity index (χ3v) is 4.17. The normalized spacial score (nSPS) is 10.9. The number of halogens is 1. The first-order valence-corrected chi connectivity index (χ1v) is 7.56. The number of phenols is 1. The molecule has 0 aliphatic carbocycles. The van der Waals surface area contributed by atoms with E-state index in [-0.39, 0.29) is 11.2 Å². The van der Waals surface area contributed by atoms with E-state index in [4.69, 9.17) is 16.0 Å². The molecule has 0 bridgehead atoms. The molecule has 0 radical (unpaired) electrons. The number of aryl methyl sites for hydroxylation is 1. The molecule has 2 aromatic carbocycles. The van der Waals surface area contributed by atoms with Crippen molar-refractivity contribution in [3.63, 3.8) is 0 Å². The molecule has 0 atom stereocenters. The van der Waals surface area contributed by atoms with Crippen molar-refractivity contribution >= 4 is 22.6 Å². The predicted octanol–water partition coefficient (Wildman–Crippen LogP) is 4.86. The van der Waals surface area contributed by atoms with Crippen LogP contribution in [0.3, 0.4) is 0 Å². The van der Waals surface area contributed by atoms with Crippen molar-refractivity contribution < 1.29 is 9.52 Å². The van der Waals surface area contributed by atoms with Crippen LogP contribution in [0.15, 0.2) is 58.3 Å². The van der Waals surface area contributed by atoms with Crippen LogP contribution in [-0.4, -0.2) is 5.11 Å². The third-order valence-electron chi connectivity index (χ3n) is 3.76. The molecule has 116 valence electrons. The van der Waals surface area contributed by atoms with Gasteiger partial charge in [0.25, 0.3) is 0 Å². The van der Waals surface area contributed by atoms with E-state index in [0.717, 1.165) is 5.56 Å². The van der Waals surface area contributed by atoms with Gasteiger partial charge < -0.3 is 9.52 Å². The van der Waals surface area contributed by atoms with E-state index in [1.807, 2.05) is 6.92 Å². The van der Waals surface area contributed by atoms with Gasteiger partial charge in [0, 0.05) is 10.6 Å². The van der Waals surface area contributed by atoms with Crippen LogP contribution in [0.5, 0.6) is 5.75 Å². The van der Waals surface area contributed by atoms with Gasteiger partial charge in [0.15, 0.2) is 5.43 Å². The van der Waals surface area contributed by atoms with E-state index in [0.29, 0.717) is 39.3 Å². The van der Waals surface area contributed by atoms with Crippen LogP contribution in [-0.2, 0) is 6.42 Å². The summed E-state index contributed by atoms with van der Waals surface area (Å²) in [6, 6.07) is 10.1. The molecule has 0 aliphatic heterocycles. The van der Waals surface area contributed by atoms with E-state index >= 15 is 0 Å². The monoisotopic (exact) mass is 326 g/mol. The van der Waals surface area contributed by atoms with Crippen LogP contribution in [0.4, 0.5) is 0 Å². The van der Waals surface area contributed by atoms with Crippen molar-refractivity contribution in [2.24, 2.45) is 0 Å². The summed E-state index contributed by atoms with van der Waals surface area (Å²) < 4.78 is 5.96. The minimum atomic E-state index is -0.161. The Labute approximate surface area is 138 Å². The summed E-state index contributed by atoms with van der Waals surface area (Å²) in [5.74, 6) is 0.424. The quantitative estimate of drug-likeness (QED) is 0.699. The number of benzene rings is 2. The van der Waals surface area contributed by atoms with Gasteiger partial charge in [-0.2, -0.15) is 0 Å². The van der Waals surface area contributed by atoms with Gasteiger partial charge in [-0.3, -0.25) is 4.79 Å². The second-order valence-electron chi connectivity index (χ2n) is 5.35. The van der Waals surface area contributed by atoms with E-state index in [9.17, 15) is 9.90 Å². The van der Waals surface area contributed by atoms with Gasteiger partial charge in [-0.1, -0.05) is 29.8 Å². The van der Waals surface area contributed by atoms with Crippen molar-refractivity contribution in [1.29, 1.82) is 0 Å². The van der Waals surface area contributed by atoms with Crippen LogP contribution >= 0.6 is 11.6 Å². The first-order valence-electron chi connectivity index (χ1n) is 7.18. The van der Waals surface area contributed by atoms with Crippen LogP contribution < -0.4 is 5.43 Å². The first kappa shape index (κ1) is 15.4. The zero-order valence-corrected chi connectivity index (χ0v) is 13.4. The lowest BCUT2D eigenvalue weighted by molar-refractivity contribution is 0.474. The van der Waals surface area contributed by atoms with Gasteiger partial charge in [-0.05, 0) is 43.2 Å². The van der Waals surface area contributed by atoms with Crippen LogP contribution in [0.25, 0.3) is 22.3 Å². The van der Waals surface area contributed by atoms with Crippen LogP contribution in [0.1, 0.15) is 11.1 Å². The molecule has 3 rings (SSSR count). The number of para-hydroxylation sites is 1. The van der Waals surface area contributed by atoms with Crippen LogP contribution in [0.2, 0.25) is 5.02 Å². The minimum Gasteiger partial charge on any atom is -0.507 e. The number of fused-ring (bicyclic) bond motifs is 1. The van der Waals surface area contributed by atoms with Crippen molar-refractivity contribution in [3.8, 4) is 17.1 Å². The molecule has 1 N–H and O–H groups in total. The number of allylic oxidation sites excluding steroid dienone is 1. The summed E-state index contributed by atoms with van der Waals surface area (Å²) in [7, 11) is 0. The van der Waals surface area contributed by atoms with Crippen molar-refractivity contribution in [2.45, 2.75) is 13.3 Å². The highest BCUT2D eigenvalue weighted by atomic mass is 35.5. The highest BCUT2D eigenvalue weighted by Crippen LogP contribution is 2.33. The molecule has 3 nitrogen and oxygen atoms in total. The predicted molar refractivity (Wildman–Crippen MR) is 93.2 cm³/mol. The minimum absolute atomic E-state index is 0.0611. The lowest BCUT2D eigenvalue weighted by Crippen LogP contribution is -2.11. The van der Waals surface area contributed by atoms with Gasteiger partial charge >= 0.3 is 0 Å². The number of hydrogen-bond donors (Lipinski definition) is 1. The Balaban J connectivity index is 2.43. The smallest absolute Gasteiger partial charge is 0.196 e. The fourth-order valence-electron chi connectivity index (χ4n) is 2.57. The maximum absolute atomic E-state index is 12.8. The summed E-state index contributed by atoms with van der Waals surface area (Å²) in [4.78, 5) is 12.8.